The topological polar surface area (TPSA) is 78.8 Å². The van der Waals surface area contributed by atoms with Crippen molar-refractivity contribution >= 4 is 61.0 Å². The zero-order valence-corrected chi connectivity index (χ0v) is 18.6. The Morgan fingerprint density at radius 1 is 0.867 bits per heavy atom. The molecule has 0 atom stereocenters. The SMILES string of the molecule is O=S(=O)(Nc1ccc(I)cc1)c1ccc(N=Cc2c(O)ccc3ccccc23)cc1. The number of nitrogens with one attached hydrogen (secondary N) is 1. The summed E-state index contributed by atoms with van der Waals surface area (Å²) in [5.74, 6) is 0.137. The van der Waals surface area contributed by atoms with Gasteiger partial charge in [0.05, 0.1) is 10.6 Å². The fraction of sp³-hybridized carbons (Fsp3) is 0. The lowest BCUT2D eigenvalue weighted by molar-refractivity contribution is 0.475. The summed E-state index contributed by atoms with van der Waals surface area (Å²) in [6, 6.07) is 24.6. The second kappa shape index (κ2) is 8.45. The molecule has 0 amide bonds. The van der Waals surface area contributed by atoms with E-state index < -0.39 is 10.0 Å². The molecule has 0 saturated heterocycles. The Morgan fingerprint density at radius 3 is 2.30 bits per heavy atom. The lowest BCUT2D eigenvalue weighted by atomic mass is 10.0. The van der Waals surface area contributed by atoms with Gasteiger partial charge in [-0.25, -0.2) is 8.42 Å². The molecule has 0 aliphatic rings. The number of phenols is 1. The Bertz CT molecular complexity index is 1330. The Labute approximate surface area is 188 Å². The number of halogens is 1. The number of aromatic hydroxyl groups is 1. The number of aliphatic imine (C=N–C) groups is 1. The smallest absolute Gasteiger partial charge is 0.261 e. The molecule has 0 aliphatic carbocycles. The summed E-state index contributed by atoms with van der Waals surface area (Å²) in [6.45, 7) is 0. The van der Waals surface area contributed by atoms with E-state index in [0.29, 0.717) is 16.9 Å². The van der Waals surface area contributed by atoms with E-state index in [9.17, 15) is 13.5 Å². The molecule has 0 fully saturated rings. The molecule has 150 valence electrons. The molecule has 0 bridgehead atoms. The van der Waals surface area contributed by atoms with Crippen LogP contribution in [-0.4, -0.2) is 19.7 Å². The lowest BCUT2D eigenvalue weighted by Crippen LogP contribution is -2.12. The summed E-state index contributed by atoms with van der Waals surface area (Å²) in [5.41, 5.74) is 1.70. The van der Waals surface area contributed by atoms with Crippen LogP contribution in [0.4, 0.5) is 11.4 Å². The third-order valence-electron chi connectivity index (χ3n) is 4.53. The molecule has 0 aliphatic heterocycles. The molecule has 0 heterocycles. The maximum Gasteiger partial charge on any atom is 0.261 e. The van der Waals surface area contributed by atoms with E-state index in [1.54, 1.807) is 36.5 Å². The summed E-state index contributed by atoms with van der Waals surface area (Å²) in [4.78, 5) is 4.55. The maximum atomic E-state index is 12.6. The molecule has 5 nitrogen and oxygen atoms in total. The molecular weight excluding hydrogens is 511 g/mol. The van der Waals surface area contributed by atoms with Crippen LogP contribution < -0.4 is 4.72 Å². The van der Waals surface area contributed by atoms with E-state index in [0.717, 1.165) is 14.3 Å². The number of fused-ring (bicyclic) bond motifs is 1. The van der Waals surface area contributed by atoms with E-state index in [4.69, 9.17) is 0 Å². The average molecular weight is 528 g/mol. The van der Waals surface area contributed by atoms with Crippen molar-refractivity contribution in [3.8, 4) is 5.75 Å². The first-order valence-corrected chi connectivity index (χ1v) is 11.6. The van der Waals surface area contributed by atoms with E-state index in [-0.39, 0.29) is 10.6 Å². The Hall–Kier alpha value is -2.91. The fourth-order valence-corrected chi connectivity index (χ4v) is 4.42. The van der Waals surface area contributed by atoms with E-state index in [1.807, 2.05) is 42.5 Å². The fourth-order valence-electron chi connectivity index (χ4n) is 3.00. The molecule has 30 heavy (non-hydrogen) atoms. The quantitative estimate of drug-likeness (QED) is 0.258. The number of nitrogens with zero attached hydrogens (tertiary/aromatic N) is 1. The van der Waals surface area contributed by atoms with Crippen molar-refractivity contribution in [2.75, 3.05) is 4.72 Å². The molecule has 4 aromatic rings. The van der Waals surface area contributed by atoms with Crippen LogP contribution in [0.25, 0.3) is 10.8 Å². The van der Waals surface area contributed by atoms with E-state index in [2.05, 4.69) is 32.3 Å². The third-order valence-corrected chi connectivity index (χ3v) is 6.65. The van der Waals surface area contributed by atoms with Crippen LogP contribution in [0, 0.1) is 3.57 Å². The molecule has 0 aromatic heterocycles. The number of anilines is 1. The second-order valence-corrected chi connectivity index (χ2v) is 9.51. The Morgan fingerprint density at radius 2 is 1.57 bits per heavy atom. The molecule has 0 radical (unpaired) electrons. The molecule has 7 heteroatoms. The molecule has 0 saturated carbocycles. The highest BCUT2D eigenvalue weighted by atomic mass is 127. The van der Waals surface area contributed by atoms with E-state index >= 15 is 0 Å². The van der Waals surface area contributed by atoms with Crippen molar-refractivity contribution in [1.29, 1.82) is 0 Å². The molecular formula is C23H17IN2O3S. The minimum atomic E-state index is -3.69. The van der Waals surface area contributed by atoms with Crippen LogP contribution in [0.2, 0.25) is 0 Å². The van der Waals surface area contributed by atoms with Gasteiger partial charge in [0.25, 0.3) is 10.0 Å². The van der Waals surface area contributed by atoms with Crippen molar-refractivity contribution in [3.63, 3.8) is 0 Å². The summed E-state index contributed by atoms with van der Waals surface area (Å²) in [6.07, 6.45) is 1.59. The van der Waals surface area contributed by atoms with Gasteiger partial charge in [-0.15, -0.1) is 0 Å². The van der Waals surface area contributed by atoms with E-state index in [1.165, 1.54) is 12.1 Å². The first kappa shape index (κ1) is 20.4. The van der Waals surface area contributed by atoms with Gasteiger partial charge in [0, 0.05) is 21.0 Å². The zero-order chi connectivity index (χ0) is 21.1. The highest BCUT2D eigenvalue weighted by Gasteiger charge is 2.14. The van der Waals surface area contributed by atoms with Crippen molar-refractivity contribution in [3.05, 3.63) is 94.1 Å². The number of phenolic OH excluding ortho intramolecular Hbond substituents is 1. The number of sulfonamides is 1. The predicted molar refractivity (Wildman–Crippen MR) is 129 cm³/mol. The zero-order valence-electron chi connectivity index (χ0n) is 15.7. The van der Waals surface area contributed by atoms with Crippen LogP contribution >= 0.6 is 22.6 Å². The standard InChI is InChI=1S/C23H17IN2O3S/c24-17-6-8-19(9-7-17)26-30(28,29)20-12-10-18(11-13-20)25-15-22-21-4-2-1-3-16(21)5-14-23(22)27/h1-15,26-27H. The van der Waals surface area contributed by atoms with Gasteiger partial charge in [-0.2, -0.15) is 0 Å². The van der Waals surface area contributed by atoms with Crippen LogP contribution in [0.15, 0.2) is 94.8 Å². The molecule has 4 rings (SSSR count). The number of hydrogen-bond acceptors (Lipinski definition) is 4. The van der Waals surface area contributed by atoms with Gasteiger partial charge in [-0.3, -0.25) is 9.71 Å². The van der Waals surface area contributed by atoms with Gasteiger partial charge < -0.3 is 5.11 Å². The summed E-state index contributed by atoms with van der Waals surface area (Å²) in [5, 5.41) is 12.1. The van der Waals surface area contributed by atoms with Crippen LogP contribution in [0.3, 0.4) is 0 Å². The minimum absolute atomic E-state index is 0.137. The van der Waals surface area contributed by atoms with Gasteiger partial charge >= 0.3 is 0 Å². The number of hydrogen-bond donors (Lipinski definition) is 2. The maximum absolute atomic E-state index is 12.6. The second-order valence-electron chi connectivity index (χ2n) is 6.58. The molecule has 4 aromatic carbocycles. The van der Waals surface area contributed by atoms with Crippen LogP contribution in [0.5, 0.6) is 5.75 Å². The largest absolute Gasteiger partial charge is 0.507 e. The Balaban J connectivity index is 1.57. The van der Waals surface area contributed by atoms with Crippen molar-refractivity contribution in [1.82, 2.24) is 0 Å². The number of benzene rings is 4. The highest BCUT2D eigenvalue weighted by molar-refractivity contribution is 14.1. The van der Waals surface area contributed by atoms with Crippen LogP contribution in [0.1, 0.15) is 5.56 Å². The molecule has 0 spiro atoms. The average Bonchev–Trinajstić information content (AvgIpc) is 2.75. The lowest BCUT2D eigenvalue weighted by Gasteiger charge is -2.08. The van der Waals surface area contributed by atoms with Gasteiger partial charge in [0.2, 0.25) is 0 Å². The van der Waals surface area contributed by atoms with Gasteiger partial charge in [-0.05, 0) is 88.0 Å². The normalized spacial score (nSPS) is 11.8. The van der Waals surface area contributed by atoms with Crippen molar-refractivity contribution in [2.24, 2.45) is 4.99 Å². The number of rotatable bonds is 5. The predicted octanol–water partition coefficient (Wildman–Crippen LogP) is 5.70. The molecule has 2 N–H and O–H groups in total. The monoisotopic (exact) mass is 528 g/mol. The van der Waals surface area contributed by atoms with Crippen LogP contribution in [-0.2, 0) is 10.0 Å². The third kappa shape index (κ3) is 4.47. The highest BCUT2D eigenvalue weighted by Crippen LogP contribution is 2.26. The van der Waals surface area contributed by atoms with Gasteiger partial charge in [-0.1, -0.05) is 30.3 Å². The first-order valence-electron chi connectivity index (χ1n) is 9.06. The van der Waals surface area contributed by atoms with Crippen molar-refractivity contribution in [2.45, 2.75) is 4.90 Å². The Kier molecular flexibility index (Phi) is 5.74. The summed E-state index contributed by atoms with van der Waals surface area (Å²) in [7, 11) is -3.69. The van der Waals surface area contributed by atoms with Gasteiger partial charge in [0.1, 0.15) is 5.75 Å². The molecule has 0 unspecified atom stereocenters. The summed E-state index contributed by atoms with van der Waals surface area (Å²) >= 11 is 2.16. The van der Waals surface area contributed by atoms with Crippen molar-refractivity contribution < 1.29 is 13.5 Å². The van der Waals surface area contributed by atoms with Gasteiger partial charge in [0.15, 0.2) is 0 Å². The first-order chi connectivity index (χ1) is 14.4. The minimum Gasteiger partial charge on any atom is -0.507 e. The summed E-state index contributed by atoms with van der Waals surface area (Å²) < 4.78 is 28.8.